The molecule has 4 aromatic rings. The minimum absolute atomic E-state index is 0.0806. The summed E-state index contributed by atoms with van der Waals surface area (Å²) in [5.74, 6) is -1.71. The topological polar surface area (TPSA) is 72.2 Å². The molecule has 0 aliphatic heterocycles. The van der Waals surface area contributed by atoms with E-state index in [1.165, 1.54) is 29.5 Å². The van der Waals surface area contributed by atoms with Crippen molar-refractivity contribution >= 4 is 51.9 Å². The first-order valence-corrected chi connectivity index (χ1v) is 9.51. The normalized spacial score (nSPS) is 11.8. The predicted octanol–water partition coefficient (Wildman–Crippen LogP) is 5.43. The van der Waals surface area contributed by atoms with Gasteiger partial charge in [0.25, 0.3) is 11.7 Å². The summed E-state index contributed by atoms with van der Waals surface area (Å²) < 4.78 is 41.1. The summed E-state index contributed by atoms with van der Waals surface area (Å²) in [4.78, 5) is 21.0. The summed E-state index contributed by atoms with van der Waals surface area (Å²) >= 11 is 13.1. The molecule has 0 spiro atoms. The van der Waals surface area contributed by atoms with Crippen molar-refractivity contribution in [3.63, 3.8) is 0 Å². The lowest BCUT2D eigenvalue weighted by atomic mass is 10.3. The lowest BCUT2D eigenvalue weighted by molar-refractivity contribution is -0.142. The highest BCUT2D eigenvalue weighted by Gasteiger charge is 2.36. The SMILES string of the molecule is O=C(Nc1cc(Cl)ccc1Cl)c1nc2nc(-c3cccs3)cc(C(F)(F)F)n2n1. The molecular formula is C17H8Cl2F3N5OS. The Hall–Kier alpha value is -2.69. The van der Waals surface area contributed by atoms with Crippen molar-refractivity contribution < 1.29 is 18.0 Å². The highest BCUT2D eigenvalue weighted by molar-refractivity contribution is 7.13. The van der Waals surface area contributed by atoms with Crippen LogP contribution < -0.4 is 5.32 Å². The first kappa shape index (κ1) is 19.6. The first-order chi connectivity index (χ1) is 13.7. The van der Waals surface area contributed by atoms with E-state index in [2.05, 4.69) is 20.4 Å². The van der Waals surface area contributed by atoms with Crippen LogP contribution in [0.15, 0.2) is 41.8 Å². The Morgan fingerprint density at radius 1 is 1.14 bits per heavy atom. The van der Waals surface area contributed by atoms with Crippen molar-refractivity contribution in [2.24, 2.45) is 0 Å². The van der Waals surface area contributed by atoms with Crippen molar-refractivity contribution in [1.29, 1.82) is 0 Å². The molecule has 0 aliphatic rings. The number of alkyl halides is 3. The molecule has 0 saturated heterocycles. The van der Waals surface area contributed by atoms with E-state index in [4.69, 9.17) is 23.2 Å². The zero-order chi connectivity index (χ0) is 20.8. The molecule has 29 heavy (non-hydrogen) atoms. The van der Waals surface area contributed by atoms with Crippen LogP contribution in [0.25, 0.3) is 16.3 Å². The fourth-order valence-corrected chi connectivity index (χ4v) is 3.51. The third-order valence-corrected chi connectivity index (χ3v) is 5.21. The molecule has 12 heteroatoms. The minimum Gasteiger partial charge on any atom is -0.318 e. The highest BCUT2D eigenvalue weighted by Crippen LogP contribution is 2.33. The molecule has 0 radical (unpaired) electrons. The zero-order valence-corrected chi connectivity index (χ0v) is 16.4. The number of thiophene rings is 1. The number of nitrogens with one attached hydrogen (secondary N) is 1. The van der Waals surface area contributed by atoms with Crippen molar-refractivity contribution in [3.05, 3.63) is 63.3 Å². The zero-order valence-electron chi connectivity index (χ0n) is 14.0. The molecule has 0 saturated carbocycles. The molecule has 3 heterocycles. The molecular weight excluding hydrogens is 450 g/mol. The van der Waals surface area contributed by atoms with Gasteiger partial charge in [0.05, 0.1) is 21.3 Å². The van der Waals surface area contributed by atoms with Gasteiger partial charge in [-0.3, -0.25) is 4.79 Å². The van der Waals surface area contributed by atoms with Gasteiger partial charge in [-0.2, -0.15) is 22.7 Å². The van der Waals surface area contributed by atoms with E-state index in [1.807, 2.05) is 0 Å². The van der Waals surface area contributed by atoms with Crippen LogP contribution in [-0.2, 0) is 6.18 Å². The number of carbonyl (C=O) groups is 1. The van der Waals surface area contributed by atoms with Crippen LogP contribution in [0.2, 0.25) is 10.0 Å². The fraction of sp³-hybridized carbons (Fsp3) is 0.0588. The molecule has 0 aliphatic carbocycles. The Morgan fingerprint density at radius 2 is 1.93 bits per heavy atom. The van der Waals surface area contributed by atoms with Crippen molar-refractivity contribution in [1.82, 2.24) is 19.6 Å². The van der Waals surface area contributed by atoms with Crippen LogP contribution in [0.4, 0.5) is 18.9 Å². The summed E-state index contributed by atoms with van der Waals surface area (Å²) in [7, 11) is 0. The number of nitrogens with zero attached hydrogens (tertiary/aromatic N) is 4. The quantitative estimate of drug-likeness (QED) is 0.445. The predicted molar refractivity (Wildman–Crippen MR) is 104 cm³/mol. The highest BCUT2D eigenvalue weighted by atomic mass is 35.5. The lowest BCUT2D eigenvalue weighted by Gasteiger charge is -2.09. The molecule has 4 rings (SSSR count). The van der Waals surface area contributed by atoms with E-state index in [9.17, 15) is 18.0 Å². The third-order valence-electron chi connectivity index (χ3n) is 3.76. The molecule has 148 valence electrons. The van der Waals surface area contributed by atoms with E-state index >= 15 is 0 Å². The number of hydrogen-bond donors (Lipinski definition) is 1. The maximum absolute atomic E-state index is 13.5. The number of carbonyl (C=O) groups excluding carboxylic acids is 1. The maximum Gasteiger partial charge on any atom is 0.433 e. The second kappa shape index (κ2) is 7.29. The minimum atomic E-state index is -4.73. The van der Waals surface area contributed by atoms with Gasteiger partial charge < -0.3 is 5.32 Å². The molecule has 3 aromatic heterocycles. The van der Waals surface area contributed by atoms with Crippen molar-refractivity contribution in [3.8, 4) is 10.6 Å². The summed E-state index contributed by atoms with van der Waals surface area (Å²) in [6.07, 6.45) is -4.73. The van der Waals surface area contributed by atoms with E-state index in [1.54, 1.807) is 17.5 Å². The van der Waals surface area contributed by atoms with E-state index in [-0.39, 0.29) is 22.2 Å². The van der Waals surface area contributed by atoms with Gasteiger partial charge in [0.2, 0.25) is 5.82 Å². The Bertz CT molecular complexity index is 1220. The number of fused-ring (bicyclic) bond motifs is 1. The van der Waals surface area contributed by atoms with Crippen molar-refractivity contribution in [2.45, 2.75) is 6.18 Å². The molecule has 6 nitrogen and oxygen atoms in total. The molecule has 1 N–H and O–H groups in total. The number of anilines is 1. The van der Waals surface area contributed by atoms with Gasteiger partial charge in [-0.05, 0) is 35.7 Å². The Balaban J connectivity index is 1.78. The number of benzene rings is 1. The van der Waals surface area contributed by atoms with Gasteiger partial charge in [-0.25, -0.2) is 4.98 Å². The smallest absolute Gasteiger partial charge is 0.318 e. The molecule has 0 atom stereocenters. The van der Waals surface area contributed by atoms with Gasteiger partial charge >= 0.3 is 6.18 Å². The van der Waals surface area contributed by atoms with Crippen LogP contribution in [0.1, 0.15) is 16.3 Å². The van der Waals surface area contributed by atoms with E-state index in [0.717, 1.165) is 6.07 Å². The molecule has 0 bridgehead atoms. The van der Waals surface area contributed by atoms with Crippen LogP contribution in [-0.4, -0.2) is 25.5 Å². The van der Waals surface area contributed by atoms with Crippen molar-refractivity contribution in [2.75, 3.05) is 5.32 Å². The van der Waals surface area contributed by atoms with Crippen LogP contribution in [0.5, 0.6) is 0 Å². The Kier molecular flexibility index (Phi) is 4.93. The second-order valence-corrected chi connectivity index (χ2v) is 7.52. The third kappa shape index (κ3) is 3.91. The van der Waals surface area contributed by atoms with Gasteiger partial charge in [0, 0.05) is 5.02 Å². The number of amides is 1. The summed E-state index contributed by atoms with van der Waals surface area (Å²) in [5.41, 5.74) is -0.846. The maximum atomic E-state index is 13.5. The monoisotopic (exact) mass is 457 g/mol. The summed E-state index contributed by atoms with van der Waals surface area (Å²) in [6, 6.07) is 8.57. The first-order valence-electron chi connectivity index (χ1n) is 7.87. The Morgan fingerprint density at radius 3 is 2.62 bits per heavy atom. The summed E-state index contributed by atoms with van der Waals surface area (Å²) in [5, 5.41) is 8.34. The average molecular weight is 458 g/mol. The van der Waals surface area contributed by atoms with E-state index < -0.39 is 23.6 Å². The summed E-state index contributed by atoms with van der Waals surface area (Å²) in [6.45, 7) is 0. The van der Waals surface area contributed by atoms with Gasteiger partial charge in [-0.1, -0.05) is 29.3 Å². The van der Waals surface area contributed by atoms with Gasteiger partial charge in [-0.15, -0.1) is 16.4 Å². The number of halogens is 5. The molecule has 0 unspecified atom stereocenters. The molecule has 0 fully saturated rings. The fourth-order valence-electron chi connectivity index (χ4n) is 2.49. The van der Waals surface area contributed by atoms with Crippen LogP contribution >= 0.6 is 34.5 Å². The van der Waals surface area contributed by atoms with Gasteiger partial charge in [0.1, 0.15) is 0 Å². The van der Waals surface area contributed by atoms with Gasteiger partial charge in [0.15, 0.2) is 5.69 Å². The molecule has 1 amide bonds. The second-order valence-electron chi connectivity index (χ2n) is 5.73. The average Bonchev–Trinajstić information content (AvgIpc) is 3.32. The van der Waals surface area contributed by atoms with Crippen LogP contribution in [0, 0.1) is 0 Å². The number of rotatable bonds is 3. The molecule has 1 aromatic carbocycles. The largest absolute Gasteiger partial charge is 0.433 e. The van der Waals surface area contributed by atoms with Crippen LogP contribution in [0.3, 0.4) is 0 Å². The number of hydrogen-bond acceptors (Lipinski definition) is 5. The standard InChI is InChI=1S/C17H8Cl2F3N5OS/c18-8-3-4-9(19)10(6-8)23-15(28)14-25-16-24-11(12-2-1-5-29-12)7-13(17(20,21)22)27(16)26-14/h1-7H,(H,23,28). The lowest BCUT2D eigenvalue weighted by Crippen LogP contribution is -2.16. The van der Waals surface area contributed by atoms with E-state index in [0.29, 0.717) is 14.4 Å². The number of aromatic nitrogens is 4. The Labute approximate surface area is 174 Å².